The lowest BCUT2D eigenvalue weighted by atomic mass is 10.0. The summed E-state index contributed by atoms with van der Waals surface area (Å²) in [6, 6.07) is 0. The number of aliphatic hydroxyl groups is 1. The average Bonchev–Trinajstić information content (AvgIpc) is 2.20. The molecular formula is C10H19NO3. The highest BCUT2D eigenvalue weighted by Crippen LogP contribution is 2.13. The molecule has 1 unspecified atom stereocenters. The Balaban J connectivity index is 2.35. The van der Waals surface area contributed by atoms with E-state index in [1.165, 1.54) is 0 Å². The predicted octanol–water partition coefficient (Wildman–Crippen LogP) is 1.24. The molecule has 0 aromatic carbocycles. The molecule has 14 heavy (non-hydrogen) atoms. The van der Waals surface area contributed by atoms with Crippen molar-refractivity contribution in [1.29, 1.82) is 0 Å². The quantitative estimate of drug-likeness (QED) is 0.728. The first-order chi connectivity index (χ1) is 6.77. The second-order valence-corrected chi connectivity index (χ2v) is 3.70. The molecule has 0 spiro atoms. The van der Waals surface area contributed by atoms with Gasteiger partial charge in [-0.1, -0.05) is 13.3 Å². The molecule has 1 heterocycles. The average molecular weight is 201 g/mol. The summed E-state index contributed by atoms with van der Waals surface area (Å²) in [5, 5.41) is 8.83. The summed E-state index contributed by atoms with van der Waals surface area (Å²) in [7, 11) is 0. The molecule has 1 aliphatic rings. The standard InChI is InChI=1S/C10H19NO3/c1-2-9(4-6-12)8-11-5-3-7-14-10(11)13/h9,12H,2-8H2,1H3. The van der Waals surface area contributed by atoms with Crippen LogP contribution in [0, 0.1) is 5.92 Å². The van der Waals surface area contributed by atoms with E-state index in [2.05, 4.69) is 6.92 Å². The molecule has 0 aromatic rings. The minimum Gasteiger partial charge on any atom is -0.449 e. The maximum Gasteiger partial charge on any atom is 0.409 e. The number of cyclic esters (lactones) is 1. The van der Waals surface area contributed by atoms with Crippen molar-refractivity contribution in [2.24, 2.45) is 5.92 Å². The van der Waals surface area contributed by atoms with E-state index in [4.69, 9.17) is 9.84 Å². The Morgan fingerprint density at radius 3 is 3.00 bits per heavy atom. The second-order valence-electron chi connectivity index (χ2n) is 3.70. The summed E-state index contributed by atoms with van der Waals surface area (Å²) in [6.07, 6.45) is 2.47. The summed E-state index contributed by atoms with van der Waals surface area (Å²) < 4.78 is 4.94. The molecule has 4 nitrogen and oxygen atoms in total. The molecule has 0 aromatic heterocycles. The van der Waals surface area contributed by atoms with Crippen LogP contribution in [0.15, 0.2) is 0 Å². The van der Waals surface area contributed by atoms with E-state index in [1.807, 2.05) is 0 Å². The normalized spacial score (nSPS) is 19.3. The molecule has 0 aliphatic carbocycles. The van der Waals surface area contributed by atoms with Crippen LogP contribution < -0.4 is 0 Å². The van der Waals surface area contributed by atoms with Crippen molar-refractivity contribution in [2.45, 2.75) is 26.2 Å². The fourth-order valence-electron chi connectivity index (χ4n) is 1.68. The number of aliphatic hydroxyl groups excluding tert-OH is 1. The molecule has 82 valence electrons. The molecule has 1 amide bonds. The van der Waals surface area contributed by atoms with Crippen LogP contribution in [-0.2, 0) is 4.74 Å². The summed E-state index contributed by atoms with van der Waals surface area (Å²) in [4.78, 5) is 13.0. The molecule has 1 atom stereocenters. The van der Waals surface area contributed by atoms with Crippen LogP contribution in [0.2, 0.25) is 0 Å². The number of rotatable bonds is 5. The Labute approximate surface area is 84.8 Å². The van der Waals surface area contributed by atoms with Gasteiger partial charge in [0, 0.05) is 19.7 Å². The topological polar surface area (TPSA) is 49.8 Å². The van der Waals surface area contributed by atoms with Gasteiger partial charge in [-0.25, -0.2) is 4.79 Å². The van der Waals surface area contributed by atoms with Gasteiger partial charge in [-0.3, -0.25) is 0 Å². The highest BCUT2D eigenvalue weighted by atomic mass is 16.6. The van der Waals surface area contributed by atoms with E-state index in [-0.39, 0.29) is 12.7 Å². The molecule has 1 aliphatic heterocycles. The lowest BCUT2D eigenvalue weighted by Crippen LogP contribution is -2.40. The van der Waals surface area contributed by atoms with E-state index in [0.29, 0.717) is 12.5 Å². The van der Waals surface area contributed by atoms with Crippen LogP contribution in [0.3, 0.4) is 0 Å². The van der Waals surface area contributed by atoms with Crippen molar-refractivity contribution >= 4 is 6.09 Å². The van der Waals surface area contributed by atoms with Crippen LogP contribution in [0.4, 0.5) is 4.79 Å². The summed E-state index contributed by atoms with van der Waals surface area (Å²) in [5.41, 5.74) is 0. The third-order valence-corrected chi connectivity index (χ3v) is 2.65. The third kappa shape index (κ3) is 3.18. The van der Waals surface area contributed by atoms with Crippen molar-refractivity contribution in [3.05, 3.63) is 0 Å². The number of hydrogen-bond donors (Lipinski definition) is 1. The first-order valence-corrected chi connectivity index (χ1v) is 5.30. The van der Waals surface area contributed by atoms with Crippen molar-refractivity contribution in [1.82, 2.24) is 4.90 Å². The van der Waals surface area contributed by atoms with Gasteiger partial charge in [0.25, 0.3) is 0 Å². The van der Waals surface area contributed by atoms with Crippen molar-refractivity contribution in [3.63, 3.8) is 0 Å². The van der Waals surface area contributed by atoms with Gasteiger partial charge in [-0.15, -0.1) is 0 Å². The van der Waals surface area contributed by atoms with Crippen molar-refractivity contribution in [3.8, 4) is 0 Å². The number of ether oxygens (including phenoxy) is 1. The van der Waals surface area contributed by atoms with Crippen LogP contribution in [0.1, 0.15) is 26.2 Å². The summed E-state index contributed by atoms with van der Waals surface area (Å²) in [6.45, 7) is 4.33. The number of hydrogen-bond acceptors (Lipinski definition) is 3. The molecule has 1 rings (SSSR count). The van der Waals surface area contributed by atoms with E-state index in [0.717, 1.165) is 32.4 Å². The monoisotopic (exact) mass is 201 g/mol. The zero-order valence-corrected chi connectivity index (χ0v) is 8.74. The molecule has 0 bridgehead atoms. The maximum atomic E-state index is 11.3. The SMILES string of the molecule is CCC(CCO)CN1CCCOC1=O. The van der Waals surface area contributed by atoms with E-state index < -0.39 is 0 Å². The van der Waals surface area contributed by atoms with Gasteiger partial charge >= 0.3 is 6.09 Å². The first kappa shape index (κ1) is 11.3. The summed E-state index contributed by atoms with van der Waals surface area (Å²) in [5.74, 6) is 0.394. The van der Waals surface area contributed by atoms with Crippen molar-refractivity contribution in [2.75, 3.05) is 26.3 Å². The number of carbonyl (C=O) groups is 1. The highest BCUT2D eigenvalue weighted by Gasteiger charge is 2.21. The zero-order chi connectivity index (χ0) is 10.4. The highest BCUT2D eigenvalue weighted by molar-refractivity contribution is 5.68. The van der Waals surface area contributed by atoms with E-state index in [9.17, 15) is 4.79 Å². The molecule has 1 saturated heterocycles. The molecular weight excluding hydrogens is 182 g/mol. The van der Waals surface area contributed by atoms with E-state index in [1.54, 1.807) is 4.90 Å². The maximum absolute atomic E-state index is 11.3. The van der Waals surface area contributed by atoms with Crippen LogP contribution >= 0.6 is 0 Å². The zero-order valence-electron chi connectivity index (χ0n) is 8.74. The summed E-state index contributed by atoms with van der Waals surface area (Å²) >= 11 is 0. The molecule has 1 fully saturated rings. The lowest BCUT2D eigenvalue weighted by molar-refractivity contribution is 0.0639. The van der Waals surface area contributed by atoms with Gasteiger partial charge in [0.05, 0.1) is 6.61 Å². The molecule has 0 radical (unpaired) electrons. The Morgan fingerprint density at radius 1 is 1.64 bits per heavy atom. The smallest absolute Gasteiger partial charge is 0.409 e. The molecule has 1 N–H and O–H groups in total. The van der Waals surface area contributed by atoms with Crippen molar-refractivity contribution < 1.29 is 14.6 Å². The fraction of sp³-hybridized carbons (Fsp3) is 0.900. The second kappa shape index (κ2) is 5.86. The van der Waals surface area contributed by atoms with Gasteiger partial charge < -0.3 is 14.7 Å². The van der Waals surface area contributed by atoms with Crippen LogP contribution in [0.25, 0.3) is 0 Å². The largest absolute Gasteiger partial charge is 0.449 e. The fourth-order valence-corrected chi connectivity index (χ4v) is 1.68. The molecule has 0 saturated carbocycles. The predicted molar refractivity (Wildman–Crippen MR) is 53.0 cm³/mol. The Kier molecular flexibility index (Phi) is 4.73. The Hall–Kier alpha value is -0.770. The number of nitrogens with zero attached hydrogens (tertiary/aromatic N) is 1. The van der Waals surface area contributed by atoms with Gasteiger partial charge in [-0.05, 0) is 18.8 Å². The third-order valence-electron chi connectivity index (χ3n) is 2.65. The van der Waals surface area contributed by atoms with Gasteiger partial charge in [0.2, 0.25) is 0 Å². The van der Waals surface area contributed by atoms with Gasteiger partial charge in [0.1, 0.15) is 0 Å². The Bertz CT molecular complexity index is 184. The number of carbonyl (C=O) groups excluding carboxylic acids is 1. The molecule has 4 heteroatoms. The lowest BCUT2D eigenvalue weighted by Gasteiger charge is -2.29. The van der Waals surface area contributed by atoms with E-state index >= 15 is 0 Å². The number of amides is 1. The minimum absolute atomic E-state index is 0.196. The first-order valence-electron chi connectivity index (χ1n) is 5.30. The van der Waals surface area contributed by atoms with Gasteiger partial charge in [-0.2, -0.15) is 0 Å². The van der Waals surface area contributed by atoms with Crippen LogP contribution in [-0.4, -0.2) is 42.4 Å². The Morgan fingerprint density at radius 2 is 2.43 bits per heavy atom. The van der Waals surface area contributed by atoms with Gasteiger partial charge in [0.15, 0.2) is 0 Å². The minimum atomic E-state index is -0.201. The van der Waals surface area contributed by atoms with Crippen LogP contribution in [0.5, 0.6) is 0 Å².